The molecule has 1 fully saturated rings. The van der Waals surface area contributed by atoms with Gasteiger partial charge in [0.1, 0.15) is 11.3 Å². The highest BCUT2D eigenvalue weighted by Gasteiger charge is 2.25. The summed E-state index contributed by atoms with van der Waals surface area (Å²) in [5.74, 6) is 4.55. The average Bonchev–Trinajstić information content (AvgIpc) is 2.79. The van der Waals surface area contributed by atoms with E-state index in [2.05, 4.69) is 48.2 Å². The van der Waals surface area contributed by atoms with E-state index in [9.17, 15) is 0 Å². The summed E-state index contributed by atoms with van der Waals surface area (Å²) < 4.78 is 2.37. The van der Waals surface area contributed by atoms with Gasteiger partial charge in [-0.25, -0.2) is 9.97 Å². The van der Waals surface area contributed by atoms with Gasteiger partial charge in [-0.2, -0.15) is 11.8 Å². The van der Waals surface area contributed by atoms with Gasteiger partial charge in [0.05, 0.1) is 0 Å². The van der Waals surface area contributed by atoms with Crippen LogP contribution in [0.4, 0.5) is 0 Å². The molecule has 0 saturated carbocycles. The fourth-order valence-electron chi connectivity index (χ4n) is 2.89. The van der Waals surface area contributed by atoms with Crippen molar-refractivity contribution < 1.29 is 0 Å². The molecule has 0 atom stereocenters. The van der Waals surface area contributed by atoms with Gasteiger partial charge in [0.2, 0.25) is 0 Å². The van der Waals surface area contributed by atoms with Gasteiger partial charge in [-0.3, -0.25) is 0 Å². The first-order valence-electron chi connectivity index (χ1n) is 7.45. The predicted molar refractivity (Wildman–Crippen MR) is 86.3 cm³/mol. The van der Waals surface area contributed by atoms with Crippen LogP contribution in [0.2, 0.25) is 0 Å². The second-order valence-electron chi connectivity index (χ2n) is 6.70. The van der Waals surface area contributed by atoms with E-state index in [1.807, 2.05) is 12.3 Å². The summed E-state index contributed by atoms with van der Waals surface area (Å²) in [6, 6.07) is 4.05. The topological polar surface area (TPSA) is 30.7 Å². The second-order valence-corrected chi connectivity index (χ2v) is 7.92. The van der Waals surface area contributed by atoms with Crippen molar-refractivity contribution in [3.63, 3.8) is 0 Å². The first-order chi connectivity index (χ1) is 9.55. The Kier molecular flexibility index (Phi) is 3.76. The van der Waals surface area contributed by atoms with Crippen molar-refractivity contribution in [1.29, 1.82) is 0 Å². The maximum atomic E-state index is 4.84. The molecule has 0 radical (unpaired) electrons. The minimum Gasteiger partial charge on any atom is -0.312 e. The molecule has 2 aromatic rings. The van der Waals surface area contributed by atoms with Gasteiger partial charge in [0.15, 0.2) is 5.65 Å². The Morgan fingerprint density at radius 3 is 2.75 bits per heavy atom. The molecule has 0 aromatic carbocycles. The number of imidazole rings is 1. The van der Waals surface area contributed by atoms with E-state index >= 15 is 0 Å². The van der Waals surface area contributed by atoms with Crippen LogP contribution < -0.4 is 0 Å². The molecule has 1 saturated heterocycles. The Hall–Kier alpha value is -1.03. The highest BCUT2D eigenvalue weighted by atomic mass is 32.2. The zero-order chi connectivity index (χ0) is 14.2. The Bertz CT molecular complexity index is 591. The van der Waals surface area contributed by atoms with Gasteiger partial charge in [0.25, 0.3) is 0 Å². The van der Waals surface area contributed by atoms with Crippen LogP contribution in [0.3, 0.4) is 0 Å². The van der Waals surface area contributed by atoms with Crippen LogP contribution in [-0.4, -0.2) is 26.0 Å². The van der Waals surface area contributed by atoms with E-state index < -0.39 is 0 Å². The van der Waals surface area contributed by atoms with E-state index in [0.29, 0.717) is 0 Å². The van der Waals surface area contributed by atoms with Crippen LogP contribution in [0.5, 0.6) is 0 Å². The van der Waals surface area contributed by atoms with Crippen LogP contribution in [0.25, 0.3) is 11.2 Å². The van der Waals surface area contributed by atoms with E-state index in [0.717, 1.165) is 23.6 Å². The van der Waals surface area contributed by atoms with Gasteiger partial charge in [-0.1, -0.05) is 20.8 Å². The third-order valence-corrected chi connectivity index (χ3v) is 5.00. The molecule has 3 heterocycles. The van der Waals surface area contributed by atoms with E-state index in [1.165, 1.54) is 30.2 Å². The standard InChI is InChI=1S/C16H23N3S/c1-16(2,3)15-18-13-5-4-8-17-14(13)19(15)11-12-6-9-20-10-7-12/h4-5,8,12H,6-7,9-11H2,1-3H3. The maximum Gasteiger partial charge on any atom is 0.160 e. The normalized spacial score (nSPS) is 17.8. The molecule has 0 bridgehead atoms. The van der Waals surface area contributed by atoms with Gasteiger partial charge < -0.3 is 4.57 Å². The molecule has 0 amide bonds. The number of fused-ring (bicyclic) bond motifs is 1. The summed E-state index contributed by atoms with van der Waals surface area (Å²) in [4.78, 5) is 9.42. The number of hydrogen-bond acceptors (Lipinski definition) is 3. The number of nitrogens with zero attached hydrogens (tertiary/aromatic N) is 3. The first-order valence-corrected chi connectivity index (χ1v) is 8.60. The van der Waals surface area contributed by atoms with Crippen molar-refractivity contribution in [3.8, 4) is 0 Å². The van der Waals surface area contributed by atoms with Crippen LogP contribution in [0.1, 0.15) is 39.4 Å². The predicted octanol–water partition coefficient (Wildman–Crippen LogP) is 3.87. The molecule has 0 unspecified atom stereocenters. The van der Waals surface area contributed by atoms with Crippen molar-refractivity contribution in [2.75, 3.05) is 11.5 Å². The maximum absolute atomic E-state index is 4.84. The van der Waals surface area contributed by atoms with Crippen molar-refractivity contribution in [2.45, 2.75) is 45.6 Å². The van der Waals surface area contributed by atoms with E-state index in [-0.39, 0.29) is 5.41 Å². The average molecular weight is 289 g/mol. The largest absolute Gasteiger partial charge is 0.312 e. The number of rotatable bonds is 2. The Labute approximate surface area is 125 Å². The van der Waals surface area contributed by atoms with Crippen LogP contribution in [0, 0.1) is 5.92 Å². The van der Waals surface area contributed by atoms with Crippen LogP contribution in [0.15, 0.2) is 18.3 Å². The van der Waals surface area contributed by atoms with Gasteiger partial charge in [-0.05, 0) is 42.4 Å². The molecule has 108 valence electrons. The van der Waals surface area contributed by atoms with E-state index in [1.54, 1.807) is 0 Å². The zero-order valence-electron chi connectivity index (χ0n) is 12.6. The summed E-state index contributed by atoms with van der Waals surface area (Å²) in [6.45, 7) is 7.78. The minimum atomic E-state index is 0.0596. The minimum absolute atomic E-state index is 0.0596. The molecule has 0 aliphatic carbocycles. The van der Waals surface area contributed by atoms with Crippen LogP contribution >= 0.6 is 11.8 Å². The number of pyridine rings is 1. The summed E-state index contributed by atoms with van der Waals surface area (Å²) >= 11 is 2.08. The molecule has 1 aliphatic heterocycles. The Balaban J connectivity index is 2.01. The molecule has 1 aliphatic rings. The molecule has 2 aromatic heterocycles. The summed E-state index contributed by atoms with van der Waals surface area (Å²) in [7, 11) is 0. The van der Waals surface area contributed by atoms with Gasteiger partial charge in [0, 0.05) is 18.2 Å². The van der Waals surface area contributed by atoms with Gasteiger partial charge >= 0.3 is 0 Å². The smallest absolute Gasteiger partial charge is 0.160 e. The number of aromatic nitrogens is 3. The van der Waals surface area contributed by atoms with Gasteiger partial charge in [-0.15, -0.1) is 0 Å². The second kappa shape index (κ2) is 5.40. The lowest BCUT2D eigenvalue weighted by molar-refractivity contribution is 0.394. The third-order valence-electron chi connectivity index (χ3n) is 3.96. The lowest BCUT2D eigenvalue weighted by Crippen LogP contribution is -2.23. The molecule has 20 heavy (non-hydrogen) atoms. The highest BCUT2D eigenvalue weighted by molar-refractivity contribution is 7.99. The lowest BCUT2D eigenvalue weighted by atomic mass is 9.95. The molecule has 3 nitrogen and oxygen atoms in total. The molecule has 4 heteroatoms. The SMILES string of the molecule is CC(C)(C)c1nc2cccnc2n1CC1CCSCC1. The molecule has 0 spiro atoms. The fourth-order valence-corrected chi connectivity index (χ4v) is 4.10. The molecular weight excluding hydrogens is 266 g/mol. The highest BCUT2D eigenvalue weighted by Crippen LogP contribution is 2.29. The van der Waals surface area contributed by atoms with Crippen molar-refractivity contribution in [2.24, 2.45) is 5.92 Å². The van der Waals surface area contributed by atoms with E-state index in [4.69, 9.17) is 4.98 Å². The van der Waals surface area contributed by atoms with Crippen molar-refractivity contribution in [3.05, 3.63) is 24.2 Å². The quantitative estimate of drug-likeness (QED) is 0.841. The van der Waals surface area contributed by atoms with Crippen molar-refractivity contribution >= 4 is 22.9 Å². The molecule has 0 N–H and O–H groups in total. The summed E-state index contributed by atoms with van der Waals surface area (Å²) in [5, 5.41) is 0. The Morgan fingerprint density at radius 2 is 2.05 bits per heavy atom. The van der Waals surface area contributed by atoms with Crippen molar-refractivity contribution in [1.82, 2.24) is 14.5 Å². The van der Waals surface area contributed by atoms with Crippen LogP contribution in [-0.2, 0) is 12.0 Å². The zero-order valence-corrected chi connectivity index (χ0v) is 13.4. The molecular formula is C16H23N3S. The monoisotopic (exact) mass is 289 g/mol. The summed E-state index contributed by atoms with van der Waals surface area (Å²) in [6.07, 6.45) is 4.52. The lowest BCUT2D eigenvalue weighted by Gasteiger charge is -2.25. The Morgan fingerprint density at radius 1 is 1.30 bits per heavy atom. The molecule has 3 rings (SSSR count). The number of thioether (sulfide) groups is 1. The third kappa shape index (κ3) is 2.71. The first kappa shape index (κ1) is 13.9. The fraction of sp³-hybridized carbons (Fsp3) is 0.625. The summed E-state index contributed by atoms with van der Waals surface area (Å²) in [5.41, 5.74) is 2.14. The number of hydrogen-bond donors (Lipinski definition) is 0.